The van der Waals surface area contributed by atoms with Gasteiger partial charge in [0.05, 0.1) is 29.6 Å². The highest BCUT2D eigenvalue weighted by molar-refractivity contribution is 7.08. The van der Waals surface area contributed by atoms with Gasteiger partial charge >= 0.3 is 0 Å². The molecule has 4 heterocycles. The van der Waals surface area contributed by atoms with Crippen LogP contribution in [0.1, 0.15) is 27.5 Å². The number of nitriles is 2. The average Bonchev–Trinajstić information content (AvgIpc) is 3.43. The van der Waals surface area contributed by atoms with Gasteiger partial charge in [0.1, 0.15) is 6.04 Å². The molecule has 0 saturated carbocycles. The summed E-state index contributed by atoms with van der Waals surface area (Å²) in [5.41, 5.74) is 1.50. The number of nitrogens with zero attached hydrogens (tertiary/aromatic N) is 4. The van der Waals surface area contributed by atoms with Crippen molar-refractivity contribution in [3.05, 3.63) is 88.4 Å². The Labute approximate surface area is 178 Å². The first kappa shape index (κ1) is 18.3. The Hall–Kier alpha value is -3.74. The van der Waals surface area contributed by atoms with Crippen molar-refractivity contribution in [3.63, 3.8) is 0 Å². The molecule has 2 aromatic heterocycles. The molecule has 0 aliphatic carbocycles. The number of ketones is 1. The van der Waals surface area contributed by atoms with Crippen LogP contribution in [0.5, 0.6) is 0 Å². The first-order valence-electron chi connectivity index (χ1n) is 9.56. The third kappa shape index (κ3) is 2.45. The molecule has 1 aromatic carbocycles. The Balaban J connectivity index is 1.78. The van der Waals surface area contributed by atoms with Crippen molar-refractivity contribution in [2.75, 3.05) is 4.90 Å². The number of aromatic nitrogens is 1. The first-order chi connectivity index (χ1) is 14.7. The third-order valence-electron chi connectivity index (χ3n) is 6.00. The van der Waals surface area contributed by atoms with Gasteiger partial charge in [-0.15, -0.1) is 0 Å². The lowest BCUT2D eigenvalue weighted by atomic mass is 9.69. The number of Topliss-reactive ketones (excluding diaryl/α,β-unsaturated/α-hetero) is 1. The highest BCUT2D eigenvalue weighted by atomic mass is 32.1. The zero-order valence-corrected chi connectivity index (χ0v) is 16.7. The maximum atomic E-state index is 13.8. The predicted molar refractivity (Wildman–Crippen MR) is 115 cm³/mol. The van der Waals surface area contributed by atoms with E-state index in [-0.39, 0.29) is 5.78 Å². The summed E-state index contributed by atoms with van der Waals surface area (Å²) in [6.07, 6.45) is 5.39. The first-order valence-corrected chi connectivity index (χ1v) is 10.5. The van der Waals surface area contributed by atoms with Crippen LogP contribution in [0.2, 0.25) is 0 Å². The number of anilines is 1. The van der Waals surface area contributed by atoms with E-state index in [2.05, 4.69) is 17.1 Å². The van der Waals surface area contributed by atoms with Gasteiger partial charge in [0, 0.05) is 17.7 Å². The molecule has 1 saturated heterocycles. The SMILES string of the molecule is N#CC1(C#N)[C@@H](c2ccsc2)[C@H](C(=O)c2ccccc2)N2c3cccnc3C=C[C@@H]21. The molecule has 6 heteroatoms. The molecule has 5 nitrogen and oxygen atoms in total. The number of rotatable bonds is 3. The van der Waals surface area contributed by atoms with Crippen LogP contribution in [0.25, 0.3) is 6.08 Å². The molecule has 2 aliphatic heterocycles. The predicted octanol–water partition coefficient (Wildman–Crippen LogP) is 4.43. The summed E-state index contributed by atoms with van der Waals surface area (Å²) < 4.78 is 0. The van der Waals surface area contributed by atoms with E-state index in [1.54, 1.807) is 18.3 Å². The van der Waals surface area contributed by atoms with E-state index >= 15 is 0 Å². The molecule has 3 atom stereocenters. The molecule has 0 unspecified atom stereocenters. The lowest BCUT2D eigenvalue weighted by Crippen LogP contribution is -2.44. The monoisotopic (exact) mass is 408 g/mol. The summed E-state index contributed by atoms with van der Waals surface area (Å²) in [7, 11) is 0. The molecule has 0 N–H and O–H groups in total. The van der Waals surface area contributed by atoms with Crippen molar-refractivity contribution in [2.24, 2.45) is 5.41 Å². The van der Waals surface area contributed by atoms with Crippen LogP contribution >= 0.6 is 11.3 Å². The van der Waals surface area contributed by atoms with Gasteiger partial charge in [-0.1, -0.05) is 36.4 Å². The van der Waals surface area contributed by atoms with Gasteiger partial charge in [-0.3, -0.25) is 9.78 Å². The molecule has 0 radical (unpaired) electrons. The zero-order valence-electron chi connectivity index (χ0n) is 15.8. The highest BCUT2D eigenvalue weighted by Gasteiger charge is 2.63. The number of pyridine rings is 1. The van der Waals surface area contributed by atoms with Crippen LogP contribution in [0.15, 0.2) is 71.6 Å². The van der Waals surface area contributed by atoms with Gasteiger partial charge in [0.25, 0.3) is 0 Å². The summed E-state index contributed by atoms with van der Waals surface area (Å²) in [4.78, 5) is 20.2. The van der Waals surface area contributed by atoms with Crippen LogP contribution in [-0.2, 0) is 0 Å². The lowest BCUT2D eigenvalue weighted by molar-refractivity contribution is 0.0951. The van der Waals surface area contributed by atoms with Crippen molar-refractivity contribution >= 4 is 28.9 Å². The number of fused-ring (bicyclic) bond motifs is 3. The Morgan fingerprint density at radius 3 is 2.60 bits per heavy atom. The molecule has 144 valence electrons. The topological polar surface area (TPSA) is 80.8 Å². The Morgan fingerprint density at radius 2 is 1.90 bits per heavy atom. The van der Waals surface area contributed by atoms with Gasteiger partial charge < -0.3 is 4.90 Å². The lowest BCUT2D eigenvalue weighted by Gasteiger charge is -2.34. The minimum absolute atomic E-state index is 0.103. The Morgan fingerprint density at radius 1 is 1.10 bits per heavy atom. The minimum Gasteiger partial charge on any atom is -0.349 e. The van der Waals surface area contributed by atoms with Crippen LogP contribution in [0.4, 0.5) is 5.69 Å². The zero-order chi connectivity index (χ0) is 20.7. The number of hydrogen-bond acceptors (Lipinski definition) is 6. The molecule has 0 bridgehead atoms. The van der Waals surface area contributed by atoms with Crippen molar-refractivity contribution in [1.29, 1.82) is 10.5 Å². The fourth-order valence-corrected chi connectivity index (χ4v) is 5.41. The van der Waals surface area contributed by atoms with E-state index in [0.717, 1.165) is 16.9 Å². The summed E-state index contributed by atoms with van der Waals surface area (Å²) in [6.45, 7) is 0. The molecule has 1 fully saturated rings. The van der Waals surface area contributed by atoms with Gasteiger partial charge in [-0.25, -0.2) is 0 Å². The molecule has 3 aromatic rings. The summed E-state index contributed by atoms with van der Waals surface area (Å²) in [6, 6.07) is 18.1. The van der Waals surface area contributed by atoms with Crippen molar-refractivity contribution in [1.82, 2.24) is 4.98 Å². The van der Waals surface area contributed by atoms with Crippen molar-refractivity contribution in [3.8, 4) is 12.1 Å². The van der Waals surface area contributed by atoms with Gasteiger partial charge in [-0.2, -0.15) is 21.9 Å². The molecular weight excluding hydrogens is 392 g/mol. The highest BCUT2D eigenvalue weighted by Crippen LogP contribution is 2.55. The number of benzene rings is 1. The van der Waals surface area contributed by atoms with E-state index < -0.39 is 23.4 Å². The van der Waals surface area contributed by atoms with Crippen molar-refractivity contribution in [2.45, 2.75) is 18.0 Å². The van der Waals surface area contributed by atoms with E-state index in [4.69, 9.17) is 0 Å². The molecule has 5 rings (SSSR count). The van der Waals surface area contributed by atoms with E-state index in [1.165, 1.54) is 11.3 Å². The summed E-state index contributed by atoms with van der Waals surface area (Å²) >= 11 is 1.50. The summed E-state index contributed by atoms with van der Waals surface area (Å²) in [5, 5.41) is 24.4. The van der Waals surface area contributed by atoms with Gasteiger partial charge in [0.15, 0.2) is 11.2 Å². The third-order valence-corrected chi connectivity index (χ3v) is 6.70. The smallest absolute Gasteiger partial charge is 0.185 e. The molecule has 0 spiro atoms. The second-order valence-electron chi connectivity index (χ2n) is 7.42. The minimum atomic E-state index is -1.40. The average molecular weight is 408 g/mol. The fourth-order valence-electron chi connectivity index (χ4n) is 4.71. The maximum Gasteiger partial charge on any atom is 0.185 e. The van der Waals surface area contributed by atoms with Gasteiger partial charge in [-0.05, 0) is 40.6 Å². The standard InChI is InChI=1S/C24H16N4OS/c25-14-24(15-26)20-9-8-18-19(7-4-11-27-18)28(20)22(21(24)17-10-12-30-13-17)23(29)16-5-2-1-3-6-16/h1-13,20-22H/t20-,21+,22-/m1/s1. The van der Waals surface area contributed by atoms with E-state index in [0.29, 0.717) is 5.56 Å². The normalized spacial score (nSPS) is 23.1. The molecule has 2 aliphatic rings. The molecule has 30 heavy (non-hydrogen) atoms. The number of carbonyl (C=O) groups excluding carboxylic acids is 1. The van der Waals surface area contributed by atoms with Crippen molar-refractivity contribution < 1.29 is 4.79 Å². The fraction of sp³-hybridized carbons (Fsp3) is 0.167. The van der Waals surface area contributed by atoms with E-state index in [1.807, 2.05) is 64.2 Å². The second kappa shape index (κ2) is 6.95. The number of thiophene rings is 1. The Kier molecular flexibility index (Phi) is 4.24. The summed E-state index contributed by atoms with van der Waals surface area (Å²) in [5.74, 6) is -0.693. The van der Waals surface area contributed by atoms with Crippen LogP contribution in [0.3, 0.4) is 0 Å². The van der Waals surface area contributed by atoms with Gasteiger partial charge in [0.2, 0.25) is 0 Å². The van der Waals surface area contributed by atoms with Crippen LogP contribution in [-0.4, -0.2) is 22.9 Å². The largest absolute Gasteiger partial charge is 0.349 e. The Bertz CT molecular complexity index is 1210. The quantitative estimate of drug-likeness (QED) is 0.599. The molecular formula is C24H16N4OS. The maximum absolute atomic E-state index is 13.8. The van der Waals surface area contributed by atoms with Crippen LogP contribution in [0, 0.1) is 28.1 Å². The number of hydrogen-bond donors (Lipinski definition) is 0. The van der Waals surface area contributed by atoms with E-state index in [9.17, 15) is 15.3 Å². The number of carbonyl (C=O) groups is 1. The van der Waals surface area contributed by atoms with Crippen LogP contribution < -0.4 is 4.90 Å². The molecule has 0 amide bonds. The second-order valence-corrected chi connectivity index (χ2v) is 8.20.